The van der Waals surface area contributed by atoms with Crippen LogP contribution in [-0.2, 0) is 11.3 Å². The summed E-state index contributed by atoms with van der Waals surface area (Å²) >= 11 is 0. The third-order valence-corrected chi connectivity index (χ3v) is 6.36. The van der Waals surface area contributed by atoms with E-state index in [0.29, 0.717) is 29.9 Å². The summed E-state index contributed by atoms with van der Waals surface area (Å²) in [4.78, 5) is 35.9. The van der Waals surface area contributed by atoms with Gasteiger partial charge in [-0.05, 0) is 62.8 Å². The fourth-order valence-electron chi connectivity index (χ4n) is 4.40. The molecular formula is C26H28N8O2. The van der Waals surface area contributed by atoms with Crippen LogP contribution in [0.5, 0.6) is 0 Å². The number of anilines is 3. The van der Waals surface area contributed by atoms with Gasteiger partial charge in [0.1, 0.15) is 5.65 Å². The van der Waals surface area contributed by atoms with E-state index in [4.69, 9.17) is 0 Å². The second-order valence-corrected chi connectivity index (χ2v) is 8.99. The van der Waals surface area contributed by atoms with Crippen LogP contribution >= 0.6 is 0 Å². The zero-order chi connectivity index (χ0) is 25.1. The molecule has 3 aromatic heterocycles. The molecule has 0 aliphatic carbocycles. The second kappa shape index (κ2) is 10.1. The van der Waals surface area contributed by atoms with Crippen molar-refractivity contribution < 1.29 is 4.79 Å². The molecule has 0 radical (unpaired) electrons. The number of nitrogens with zero attached hydrogens (tertiary/aromatic N) is 6. The lowest BCUT2D eigenvalue weighted by Gasteiger charge is -2.28. The van der Waals surface area contributed by atoms with Crippen molar-refractivity contribution in [2.75, 3.05) is 30.8 Å². The smallest absolute Gasteiger partial charge is 0.252 e. The van der Waals surface area contributed by atoms with E-state index < -0.39 is 0 Å². The minimum atomic E-state index is -0.294. The number of rotatable bonds is 7. The Morgan fingerprint density at radius 2 is 2.00 bits per heavy atom. The van der Waals surface area contributed by atoms with Gasteiger partial charge in [-0.25, -0.2) is 4.98 Å². The molecule has 1 aromatic carbocycles. The molecule has 1 aliphatic rings. The highest BCUT2D eigenvalue weighted by Crippen LogP contribution is 2.23. The van der Waals surface area contributed by atoms with Gasteiger partial charge in [0.25, 0.3) is 5.56 Å². The molecule has 184 valence electrons. The van der Waals surface area contributed by atoms with Crippen molar-refractivity contribution in [2.45, 2.75) is 25.4 Å². The predicted octanol–water partition coefficient (Wildman–Crippen LogP) is 3.17. The van der Waals surface area contributed by atoms with Crippen LogP contribution in [0.4, 0.5) is 17.3 Å². The van der Waals surface area contributed by atoms with Gasteiger partial charge in [0, 0.05) is 29.5 Å². The van der Waals surface area contributed by atoms with Crippen LogP contribution in [0.25, 0.3) is 11.0 Å². The SMILES string of the molecule is C=CC(=O)Nc1cccc(Cn2c(=O)ccc3cnc(Nc4cnn(C5CCN(C)CC5)c4)nc32)c1. The fourth-order valence-corrected chi connectivity index (χ4v) is 4.40. The maximum absolute atomic E-state index is 12.8. The number of aromatic nitrogens is 5. The number of carbonyl (C=O) groups is 1. The summed E-state index contributed by atoms with van der Waals surface area (Å²) in [6.45, 7) is 5.88. The third kappa shape index (κ3) is 5.18. The largest absolute Gasteiger partial charge is 0.323 e. The van der Waals surface area contributed by atoms with E-state index >= 15 is 0 Å². The monoisotopic (exact) mass is 484 g/mol. The van der Waals surface area contributed by atoms with Crippen molar-refractivity contribution in [3.05, 3.63) is 83.6 Å². The lowest BCUT2D eigenvalue weighted by atomic mass is 10.1. The van der Waals surface area contributed by atoms with Crippen molar-refractivity contribution in [2.24, 2.45) is 0 Å². The van der Waals surface area contributed by atoms with Crippen molar-refractivity contribution in [3.63, 3.8) is 0 Å². The molecule has 10 nitrogen and oxygen atoms in total. The first-order valence-electron chi connectivity index (χ1n) is 11.9. The van der Waals surface area contributed by atoms with E-state index in [1.807, 2.05) is 29.1 Å². The van der Waals surface area contributed by atoms with E-state index in [-0.39, 0.29) is 11.5 Å². The van der Waals surface area contributed by atoms with Crippen LogP contribution in [-0.4, -0.2) is 55.3 Å². The molecule has 0 bridgehead atoms. The number of fused-ring (bicyclic) bond motifs is 1. The molecule has 1 saturated heterocycles. The molecule has 4 aromatic rings. The quantitative estimate of drug-likeness (QED) is 0.388. The Hall–Kier alpha value is -4.31. The van der Waals surface area contributed by atoms with E-state index in [1.54, 1.807) is 29.1 Å². The van der Waals surface area contributed by atoms with Gasteiger partial charge in [-0.2, -0.15) is 10.1 Å². The number of hydrogen-bond donors (Lipinski definition) is 2. The lowest BCUT2D eigenvalue weighted by molar-refractivity contribution is -0.111. The van der Waals surface area contributed by atoms with Gasteiger partial charge in [-0.15, -0.1) is 0 Å². The minimum Gasteiger partial charge on any atom is -0.323 e. The van der Waals surface area contributed by atoms with Crippen molar-refractivity contribution in [1.82, 2.24) is 29.2 Å². The molecule has 0 atom stereocenters. The summed E-state index contributed by atoms with van der Waals surface area (Å²) in [5.74, 6) is 0.0915. The molecule has 1 amide bonds. The van der Waals surface area contributed by atoms with Gasteiger partial charge >= 0.3 is 0 Å². The summed E-state index contributed by atoms with van der Waals surface area (Å²) in [6.07, 6.45) is 8.79. The summed E-state index contributed by atoms with van der Waals surface area (Å²) in [5, 5.41) is 11.3. The Bertz CT molecular complexity index is 1470. The molecular weight excluding hydrogens is 456 g/mol. The van der Waals surface area contributed by atoms with Crippen LogP contribution in [0.1, 0.15) is 24.4 Å². The highest BCUT2D eigenvalue weighted by atomic mass is 16.1. The van der Waals surface area contributed by atoms with Crippen LogP contribution < -0.4 is 16.2 Å². The maximum atomic E-state index is 12.8. The highest BCUT2D eigenvalue weighted by molar-refractivity contribution is 5.98. The first kappa shape index (κ1) is 23.4. The number of pyridine rings is 1. The number of carbonyl (C=O) groups excluding carboxylic acids is 1. The van der Waals surface area contributed by atoms with Gasteiger partial charge in [0.2, 0.25) is 11.9 Å². The number of piperidine rings is 1. The summed E-state index contributed by atoms with van der Waals surface area (Å²) < 4.78 is 3.60. The molecule has 1 aliphatic heterocycles. The topological polar surface area (TPSA) is 110 Å². The number of nitrogens with one attached hydrogen (secondary N) is 2. The minimum absolute atomic E-state index is 0.178. The zero-order valence-corrected chi connectivity index (χ0v) is 20.1. The molecule has 4 heterocycles. The van der Waals surface area contributed by atoms with Crippen LogP contribution in [0, 0.1) is 0 Å². The molecule has 0 unspecified atom stereocenters. The van der Waals surface area contributed by atoms with E-state index in [9.17, 15) is 9.59 Å². The van der Waals surface area contributed by atoms with Crippen molar-refractivity contribution >= 4 is 34.3 Å². The van der Waals surface area contributed by atoms with E-state index in [1.165, 1.54) is 12.1 Å². The average Bonchev–Trinajstić information content (AvgIpc) is 3.35. The van der Waals surface area contributed by atoms with Gasteiger partial charge in [-0.1, -0.05) is 18.7 Å². The van der Waals surface area contributed by atoms with Gasteiger partial charge in [0.05, 0.1) is 24.5 Å². The Morgan fingerprint density at radius 1 is 1.17 bits per heavy atom. The molecule has 5 rings (SSSR count). The molecule has 0 saturated carbocycles. The molecule has 2 N–H and O–H groups in total. The third-order valence-electron chi connectivity index (χ3n) is 6.36. The normalized spacial score (nSPS) is 14.6. The van der Waals surface area contributed by atoms with Crippen molar-refractivity contribution in [1.29, 1.82) is 0 Å². The standard InChI is InChI=1S/C26H28N8O2/c1-3-23(35)29-20-6-4-5-18(13-20)16-33-24(36)8-7-19-14-27-26(31-25(19)33)30-21-15-28-34(17-21)22-9-11-32(2)12-10-22/h3-8,13-15,17,22H,1,9-12,16H2,2H3,(H,29,35)(H,27,30,31). The molecule has 36 heavy (non-hydrogen) atoms. The number of benzene rings is 1. The molecule has 0 spiro atoms. The van der Waals surface area contributed by atoms with Crippen LogP contribution in [0.3, 0.4) is 0 Å². The first-order valence-corrected chi connectivity index (χ1v) is 11.9. The second-order valence-electron chi connectivity index (χ2n) is 8.99. The predicted molar refractivity (Wildman–Crippen MR) is 139 cm³/mol. The summed E-state index contributed by atoms with van der Waals surface area (Å²) in [5.41, 5.74) is 2.61. The zero-order valence-electron chi connectivity index (χ0n) is 20.1. The highest BCUT2D eigenvalue weighted by Gasteiger charge is 2.19. The van der Waals surface area contributed by atoms with Gasteiger partial charge in [0.15, 0.2) is 0 Å². The lowest BCUT2D eigenvalue weighted by Crippen LogP contribution is -2.31. The Balaban J connectivity index is 1.39. The number of amides is 1. The van der Waals surface area contributed by atoms with Gasteiger partial charge in [-0.3, -0.25) is 18.8 Å². The van der Waals surface area contributed by atoms with E-state index in [0.717, 1.165) is 42.6 Å². The summed E-state index contributed by atoms with van der Waals surface area (Å²) in [7, 11) is 2.14. The first-order chi connectivity index (χ1) is 17.5. The summed E-state index contributed by atoms with van der Waals surface area (Å²) in [6, 6.07) is 10.9. The fraction of sp³-hybridized carbons (Fsp3) is 0.269. The molecule has 1 fully saturated rings. The van der Waals surface area contributed by atoms with Crippen LogP contribution in [0.15, 0.2) is 72.4 Å². The Morgan fingerprint density at radius 3 is 2.81 bits per heavy atom. The van der Waals surface area contributed by atoms with Gasteiger partial charge < -0.3 is 15.5 Å². The molecule has 10 heteroatoms. The van der Waals surface area contributed by atoms with E-state index in [2.05, 4.69) is 44.2 Å². The van der Waals surface area contributed by atoms with Crippen molar-refractivity contribution in [3.8, 4) is 0 Å². The number of likely N-dealkylation sites (tertiary alicyclic amines) is 1. The number of hydrogen-bond acceptors (Lipinski definition) is 7. The van der Waals surface area contributed by atoms with Crippen LogP contribution in [0.2, 0.25) is 0 Å². The average molecular weight is 485 g/mol. The maximum Gasteiger partial charge on any atom is 0.252 e. The Kier molecular flexibility index (Phi) is 6.59. The Labute approximate surface area is 208 Å².